The van der Waals surface area contributed by atoms with Gasteiger partial charge in [0.05, 0.1) is 15.2 Å². The Morgan fingerprint density at radius 2 is 1.87 bits per heavy atom. The zero-order valence-corrected chi connectivity index (χ0v) is 13.0. The van der Waals surface area contributed by atoms with Crippen molar-refractivity contribution in [3.05, 3.63) is 59.4 Å². The van der Waals surface area contributed by atoms with Crippen LogP contribution < -0.4 is 10.9 Å². The average molecular weight is 326 g/mol. The van der Waals surface area contributed by atoms with Gasteiger partial charge in [0.1, 0.15) is 5.69 Å². The molecule has 0 aliphatic heterocycles. The molecule has 0 bridgehead atoms. The summed E-state index contributed by atoms with van der Waals surface area (Å²) < 4.78 is 1.10. The normalized spacial score (nSPS) is 10.4. The van der Waals surface area contributed by atoms with Crippen LogP contribution in [0.2, 0.25) is 0 Å². The third-order valence-electron chi connectivity index (χ3n) is 3.12. The maximum absolute atomic E-state index is 11.8. The number of carbonyl (C=O) groups is 2. The first kappa shape index (κ1) is 15.1. The van der Waals surface area contributed by atoms with Crippen LogP contribution in [0.3, 0.4) is 0 Å². The number of benzene rings is 1. The zero-order chi connectivity index (χ0) is 16.1. The van der Waals surface area contributed by atoms with E-state index < -0.39 is 5.91 Å². The van der Waals surface area contributed by atoms with Gasteiger partial charge >= 0.3 is 0 Å². The molecule has 0 aliphatic rings. The van der Waals surface area contributed by atoms with Crippen LogP contribution >= 0.6 is 11.3 Å². The van der Waals surface area contributed by atoms with Crippen molar-refractivity contribution in [1.82, 2.24) is 20.8 Å². The van der Waals surface area contributed by atoms with Gasteiger partial charge in [0.2, 0.25) is 5.91 Å². The second-order valence-electron chi connectivity index (χ2n) is 4.79. The predicted molar refractivity (Wildman–Crippen MR) is 87.8 cm³/mol. The number of hydrogen-bond donors (Lipinski definition) is 2. The summed E-state index contributed by atoms with van der Waals surface area (Å²) in [6.07, 6.45) is 2.30. The molecule has 2 aromatic heterocycles. The maximum Gasteiger partial charge on any atom is 0.288 e. The molecule has 6 nitrogen and oxygen atoms in total. The molecule has 2 N–H and O–H groups in total. The molecule has 0 atom stereocenters. The SMILES string of the molecule is O=C(CCc1nc2ccccc2s1)NNC(=O)c1ccccn1. The molecular weight excluding hydrogens is 312 g/mol. The van der Waals surface area contributed by atoms with Crippen LogP contribution in [0.1, 0.15) is 21.9 Å². The summed E-state index contributed by atoms with van der Waals surface area (Å²) >= 11 is 1.57. The van der Waals surface area contributed by atoms with Crippen molar-refractivity contribution in [2.45, 2.75) is 12.8 Å². The standard InChI is InChI=1S/C16H14N4O2S/c21-14(19-20-16(22)12-6-3-4-10-17-12)8-9-15-18-11-5-1-2-7-13(11)23-15/h1-7,10H,8-9H2,(H,19,21)(H,20,22). The fraction of sp³-hybridized carbons (Fsp3) is 0.125. The summed E-state index contributed by atoms with van der Waals surface area (Å²) in [4.78, 5) is 31.9. The predicted octanol–water partition coefficient (Wildman–Crippen LogP) is 2.09. The van der Waals surface area contributed by atoms with Gasteiger partial charge in [-0.1, -0.05) is 18.2 Å². The molecule has 3 rings (SSSR count). The van der Waals surface area contributed by atoms with Gasteiger partial charge in [-0.15, -0.1) is 11.3 Å². The summed E-state index contributed by atoms with van der Waals surface area (Å²) in [5, 5.41) is 0.900. The Bertz CT molecular complexity index is 799. The smallest absolute Gasteiger partial charge is 0.273 e. The molecule has 2 amide bonds. The summed E-state index contributed by atoms with van der Waals surface area (Å²) in [7, 11) is 0. The van der Waals surface area contributed by atoms with Crippen molar-refractivity contribution in [2.24, 2.45) is 0 Å². The number of aromatic nitrogens is 2. The fourth-order valence-electron chi connectivity index (χ4n) is 2.00. The summed E-state index contributed by atoms with van der Waals surface area (Å²) in [5.74, 6) is -0.715. The number of thiazole rings is 1. The molecule has 0 saturated carbocycles. The molecule has 23 heavy (non-hydrogen) atoms. The zero-order valence-electron chi connectivity index (χ0n) is 12.2. The molecule has 3 aromatic rings. The van der Waals surface area contributed by atoms with E-state index in [0.717, 1.165) is 15.2 Å². The number of carbonyl (C=O) groups excluding carboxylic acids is 2. The van der Waals surface area contributed by atoms with Crippen LogP contribution in [0.25, 0.3) is 10.2 Å². The first-order valence-electron chi connectivity index (χ1n) is 7.07. The highest BCUT2D eigenvalue weighted by atomic mass is 32.1. The second kappa shape index (κ2) is 6.97. The highest BCUT2D eigenvalue weighted by Gasteiger charge is 2.09. The molecule has 2 heterocycles. The van der Waals surface area contributed by atoms with Crippen LogP contribution in [0, 0.1) is 0 Å². The fourth-order valence-corrected chi connectivity index (χ4v) is 2.96. The van der Waals surface area contributed by atoms with Crippen molar-refractivity contribution in [3.63, 3.8) is 0 Å². The Morgan fingerprint density at radius 3 is 2.65 bits per heavy atom. The molecular formula is C16H14N4O2S. The number of para-hydroxylation sites is 1. The average Bonchev–Trinajstić information content (AvgIpc) is 3.01. The van der Waals surface area contributed by atoms with Crippen LogP contribution in [0.15, 0.2) is 48.7 Å². The minimum absolute atomic E-state index is 0.249. The second-order valence-corrected chi connectivity index (χ2v) is 5.91. The molecule has 0 radical (unpaired) electrons. The van der Waals surface area contributed by atoms with Gasteiger partial charge in [-0.25, -0.2) is 4.98 Å². The minimum atomic E-state index is -0.445. The number of hydrogen-bond acceptors (Lipinski definition) is 5. The largest absolute Gasteiger partial charge is 0.288 e. The summed E-state index contributed by atoms with van der Waals surface area (Å²) in [6, 6.07) is 12.8. The van der Waals surface area contributed by atoms with Crippen molar-refractivity contribution in [3.8, 4) is 0 Å². The number of nitrogens with one attached hydrogen (secondary N) is 2. The molecule has 0 aliphatic carbocycles. The van der Waals surface area contributed by atoms with E-state index >= 15 is 0 Å². The highest BCUT2D eigenvalue weighted by Crippen LogP contribution is 2.22. The lowest BCUT2D eigenvalue weighted by Crippen LogP contribution is -2.42. The molecule has 0 fully saturated rings. The van der Waals surface area contributed by atoms with E-state index in [1.165, 1.54) is 6.20 Å². The van der Waals surface area contributed by atoms with Crippen molar-refractivity contribution in [2.75, 3.05) is 0 Å². The van der Waals surface area contributed by atoms with Crippen LogP contribution in [-0.4, -0.2) is 21.8 Å². The van der Waals surface area contributed by atoms with E-state index in [4.69, 9.17) is 0 Å². The Morgan fingerprint density at radius 1 is 1.04 bits per heavy atom. The van der Waals surface area contributed by atoms with Gasteiger partial charge in [-0.2, -0.15) is 0 Å². The first-order chi connectivity index (χ1) is 11.2. The van der Waals surface area contributed by atoms with E-state index in [2.05, 4.69) is 20.8 Å². The molecule has 7 heteroatoms. The number of fused-ring (bicyclic) bond motifs is 1. The first-order valence-corrected chi connectivity index (χ1v) is 7.89. The summed E-state index contributed by atoms with van der Waals surface area (Å²) in [5.41, 5.74) is 5.92. The van der Waals surface area contributed by atoms with E-state index in [9.17, 15) is 9.59 Å². The van der Waals surface area contributed by atoms with E-state index in [1.54, 1.807) is 29.5 Å². The number of nitrogens with zero attached hydrogens (tertiary/aromatic N) is 2. The number of rotatable bonds is 4. The van der Waals surface area contributed by atoms with Gasteiger partial charge < -0.3 is 0 Å². The van der Waals surface area contributed by atoms with Crippen LogP contribution in [0.5, 0.6) is 0 Å². The third-order valence-corrected chi connectivity index (χ3v) is 4.21. The molecule has 0 spiro atoms. The lowest BCUT2D eigenvalue weighted by atomic mass is 10.3. The van der Waals surface area contributed by atoms with Crippen molar-refractivity contribution < 1.29 is 9.59 Å². The lowest BCUT2D eigenvalue weighted by molar-refractivity contribution is -0.121. The number of aryl methyl sites for hydroxylation is 1. The Balaban J connectivity index is 1.49. The lowest BCUT2D eigenvalue weighted by Gasteiger charge is -2.06. The summed E-state index contributed by atoms with van der Waals surface area (Å²) in [6.45, 7) is 0. The van der Waals surface area contributed by atoms with Gasteiger partial charge in [0.15, 0.2) is 0 Å². The number of amides is 2. The van der Waals surface area contributed by atoms with Crippen molar-refractivity contribution in [1.29, 1.82) is 0 Å². The molecule has 0 saturated heterocycles. The Hall–Kier alpha value is -2.80. The molecule has 0 unspecified atom stereocenters. The third kappa shape index (κ3) is 3.89. The highest BCUT2D eigenvalue weighted by molar-refractivity contribution is 7.18. The van der Waals surface area contributed by atoms with Crippen molar-refractivity contribution >= 4 is 33.4 Å². The van der Waals surface area contributed by atoms with Crippen LogP contribution in [-0.2, 0) is 11.2 Å². The topological polar surface area (TPSA) is 84.0 Å². The van der Waals surface area contributed by atoms with Gasteiger partial charge in [0.25, 0.3) is 5.91 Å². The molecule has 1 aromatic carbocycles. The maximum atomic E-state index is 11.8. The van der Waals surface area contributed by atoms with Crippen LogP contribution in [0.4, 0.5) is 0 Å². The molecule has 116 valence electrons. The van der Waals surface area contributed by atoms with E-state index in [1.807, 2.05) is 24.3 Å². The monoisotopic (exact) mass is 326 g/mol. The minimum Gasteiger partial charge on any atom is -0.273 e. The Kier molecular flexibility index (Phi) is 4.58. The van der Waals surface area contributed by atoms with E-state index in [-0.39, 0.29) is 18.0 Å². The van der Waals surface area contributed by atoms with Gasteiger partial charge in [0, 0.05) is 19.0 Å². The van der Waals surface area contributed by atoms with Gasteiger partial charge in [-0.3, -0.25) is 25.4 Å². The Labute approximate surface area is 136 Å². The number of pyridine rings is 1. The quantitative estimate of drug-likeness (QED) is 0.719. The number of hydrazine groups is 1. The van der Waals surface area contributed by atoms with Gasteiger partial charge in [-0.05, 0) is 24.3 Å². The van der Waals surface area contributed by atoms with E-state index in [0.29, 0.717) is 6.42 Å².